The van der Waals surface area contributed by atoms with Gasteiger partial charge in [0.2, 0.25) is 11.8 Å². The van der Waals surface area contributed by atoms with Gasteiger partial charge in [-0.25, -0.2) is 0 Å². The Bertz CT molecular complexity index is 283. The van der Waals surface area contributed by atoms with Crippen LogP contribution in [0.4, 0.5) is 0 Å². The lowest BCUT2D eigenvalue weighted by atomic mass is 9.97. The van der Waals surface area contributed by atoms with Gasteiger partial charge in [-0.2, -0.15) is 11.8 Å². The zero-order valence-corrected chi connectivity index (χ0v) is 11.0. The van der Waals surface area contributed by atoms with Crippen molar-refractivity contribution in [2.45, 2.75) is 32.2 Å². The number of carbonyl (C=O) groups excluding carboxylic acids is 2. The van der Waals surface area contributed by atoms with Gasteiger partial charge in [0.1, 0.15) is 5.54 Å². The largest absolute Gasteiger partial charge is 0.342 e. The number of nitrogens with zero attached hydrogens (tertiary/aromatic N) is 1. The summed E-state index contributed by atoms with van der Waals surface area (Å²) in [5.74, 6) is 0.943. The minimum atomic E-state index is -0.716. The fourth-order valence-corrected chi connectivity index (χ4v) is 2.17. The van der Waals surface area contributed by atoms with Gasteiger partial charge in [-0.1, -0.05) is 6.92 Å². The van der Waals surface area contributed by atoms with E-state index in [-0.39, 0.29) is 11.8 Å². The second-order valence-corrected chi connectivity index (χ2v) is 5.25. The van der Waals surface area contributed by atoms with Crippen molar-refractivity contribution in [3.63, 3.8) is 0 Å². The molecule has 0 saturated carbocycles. The summed E-state index contributed by atoms with van der Waals surface area (Å²) < 4.78 is 0. The molecular weight excluding hydrogens is 224 g/mol. The van der Waals surface area contributed by atoms with E-state index in [2.05, 4.69) is 5.32 Å². The van der Waals surface area contributed by atoms with Gasteiger partial charge in [0.05, 0.1) is 0 Å². The number of amides is 2. The third-order valence-corrected chi connectivity index (χ3v) is 3.65. The summed E-state index contributed by atoms with van der Waals surface area (Å²) in [5, 5.41) is 2.82. The number of rotatable bonds is 4. The molecule has 5 heteroatoms. The molecule has 1 heterocycles. The Morgan fingerprint density at radius 3 is 2.75 bits per heavy atom. The molecule has 1 unspecified atom stereocenters. The van der Waals surface area contributed by atoms with Crippen molar-refractivity contribution in [3.8, 4) is 0 Å². The van der Waals surface area contributed by atoms with E-state index in [0.29, 0.717) is 19.4 Å². The maximum Gasteiger partial charge on any atom is 0.248 e. The summed E-state index contributed by atoms with van der Waals surface area (Å²) in [4.78, 5) is 25.6. The lowest BCUT2D eigenvalue weighted by Crippen LogP contribution is -2.54. The van der Waals surface area contributed by atoms with Gasteiger partial charge < -0.3 is 10.2 Å². The van der Waals surface area contributed by atoms with Crippen molar-refractivity contribution in [2.75, 3.05) is 25.1 Å². The maximum atomic E-state index is 12.3. The van der Waals surface area contributed by atoms with Crippen molar-refractivity contribution >= 4 is 23.6 Å². The Kier molecular flexibility index (Phi) is 4.65. The maximum absolute atomic E-state index is 12.3. The molecule has 1 aliphatic rings. The molecule has 4 nitrogen and oxygen atoms in total. The van der Waals surface area contributed by atoms with Crippen LogP contribution < -0.4 is 5.32 Å². The number of nitrogens with one attached hydrogen (secondary N) is 1. The molecule has 1 fully saturated rings. The molecule has 0 bridgehead atoms. The van der Waals surface area contributed by atoms with Gasteiger partial charge in [-0.3, -0.25) is 9.59 Å². The molecule has 1 rings (SSSR count). The first-order valence-corrected chi connectivity index (χ1v) is 7.02. The van der Waals surface area contributed by atoms with E-state index in [1.54, 1.807) is 16.7 Å². The normalized spacial score (nSPS) is 26.6. The van der Waals surface area contributed by atoms with Crippen LogP contribution in [0.25, 0.3) is 0 Å². The van der Waals surface area contributed by atoms with Crippen LogP contribution in [0.15, 0.2) is 0 Å². The molecule has 2 amide bonds. The van der Waals surface area contributed by atoms with Crippen molar-refractivity contribution in [2.24, 2.45) is 0 Å². The lowest BCUT2D eigenvalue weighted by Gasteiger charge is -2.31. The van der Waals surface area contributed by atoms with Crippen molar-refractivity contribution in [1.29, 1.82) is 0 Å². The third kappa shape index (κ3) is 2.90. The van der Waals surface area contributed by atoms with Gasteiger partial charge in [-0.15, -0.1) is 0 Å². The van der Waals surface area contributed by atoms with Crippen LogP contribution >= 0.6 is 11.8 Å². The predicted octanol–water partition coefficient (Wildman–Crippen LogP) is 0.867. The van der Waals surface area contributed by atoms with Crippen LogP contribution in [0.2, 0.25) is 0 Å². The Labute approximate surface area is 101 Å². The van der Waals surface area contributed by atoms with Gasteiger partial charge in [0, 0.05) is 25.3 Å². The van der Waals surface area contributed by atoms with Crippen LogP contribution in [0.5, 0.6) is 0 Å². The fourth-order valence-electron chi connectivity index (χ4n) is 1.77. The van der Waals surface area contributed by atoms with Crippen molar-refractivity contribution in [1.82, 2.24) is 10.2 Å². The van der Waals surface area contributed by atoms with Crippen LogP contribution in [-0.4, -0.2) is 47.4 Å². The topological polar surface area (TPSA) is 49.4 Å². The number of hydrogen-bond donors (Lipinski definition) is 1. The fraction of sp³-hybridized carbons (Fsp3) is 0.818. The molecule has 16 heavy (non-hydrogen) atoms. The van der Waals surface area contributed by atoms with Crippen molar-refractivity contribution in [3.05, 3.63) is 0 Å². The molecule has 0 spiro atoms. The quantitative estimate of drug-likeness (QED) is 0.798. The summed E-state index contributed by atoms with van der Waals surface area (Å²) in [5.41, 5.74) is -0.716. The third-order valence-electron chi connectivity index (χ3n) is 3.06. The number of thioether (sulfide) groups is 1. The van der Waals surface area contributed by atoms with Crippen molar-refractivity contribution < 1.29 is 9.59 Å². The highest BCUT2D eigenvalue weighted by molar-refractivity contribution is 7.98. The van der Waals surface area contributed by atoms with E-state index >= 15 is 0 Å². The summed E-state index contributed by atoms with van der Waals surface area (Å²) in [7, 11) is 0. The van der Waals surface area contributed by atoms with E-state index in [9.17, 15) is 9.59 Å². The highest BCUT2D eigenvalue weighted by Gasteiger charge is 2.38. The molecule has 0 aromatic rings. The van der Waals surface area contributed by atoms with Crippen LogP contribution in [0, 0.1) is 0 Å². The zero-order valence-electron chi connectivity index (χ0n) is 10.2. The minimum absolute atomic E-state index is 0.0237. The van der Waals surface area contributed by atoms with E-state index in [0.717, 1.165) is 12.3 Å². The van der Waals surface area contributed by atoms with Crippen LogP contribution in [0.1, 0.15) is 26.7 Å². The molecule has 0 aromatic carbocycles. The van der Waals surface area contributed by atoms with Crippen LogP contribution in [0.3, 0.4) is 0 Å². The predicted molar refractivity (Wildman–Crippen MR) is 66.4 cm³/mol. The molecule has 1 N–H and O–H groups in total. The molecular formula is C11H20N2O2S. The molecule has 92 valence electrons. The first-order chi connectivity index (χ1) is 7.53. The Balaban J connectivity index is 2.79. The smallest absolute Gasteiger partial charge is 0.248 e. The second-order valence-electron chi connectivity index (χ2n) is 4.27. The van der Waals surface area contributed by atoms with Gasteiger partial charge in [-0.05, 0) is 19.6 Å². The van der Waals surface area contributed by atoms with E-state index < -0.39 is 5.54 Å². The monoisotopic (exact) mass is 244 g/mol. The molecule has 1 saturated heterocycles. The first kappa shape index (κ1) is 13.4. The molecule has 0 radical (unpaired) electrons. The second kappa shape index (κ2) is 5.57. The molecule has 1 aliphatic heterocycles. The number of hydrogen-bond acceptors (Lipinski definition) is 3. The molecule has 0 aromatic heterocycles. The average molecular weight is 244 g/mol. The van der Waals surface area contributed by atoms with E-state index in [4.69, 9.17) is 0 Å². The van der Waals surface area contributed by atoms with E-state index in [1.165, 1.54) is 0 Å². The first-order valence-electron chi connectivity index (χ1n) is 5.63. The summed E-state index contributed by atoms with van der Waals surface area (Å²) >= 11 is 1.71. The summed E-state index contributed by atoms with van der Waals surface area (Å²) in [6.45, 7) is 5.01. The van der Waals surface area contributed by atoms with Gasteiger partial charge in [0.25, 0.3) is 0 Å². The molecule has 1 atom stereocenters. The Morgan fingerprint density at radius 1 is 1.50 bits per heavy atom. The highest BCUT2D eigenvalue weighted by Crippen LogP contribution is 2.17. The SMILES string of the molecule is CCC1(C)NC(=O)CCN(CCSC)C1=O. The van der Waals surface area contributed by atoms with Gasteiger partial charge >= 0.3 is 0 Å². The Morgan fingerprint density at radius 2 is 2.19 bits per heavy atom. The summed E-state index contributed by atoms with van der Waals surface area (Å²) in [6, 6.07) is 0. The zero-order chi connectivity index (χ0) is 12.2. The summed E-state index contributed by atoms with van der Waals surface area (Å²) in [6.07, 6.45) is 3.06. The molecule has 0 aliphatic carbocycles. The lowest BCUT2D eigenvalue weighted by molar-refractivity contribution is -0.138. The minimum Gasteiger partial charge on any atom is -0.342 e. The van der Waals surface area contributed by atoms with Crippen LogP contribution in [-0.2, 0) is 9.59 Å². The average Bonchev–Trinajstić information content (AvgIpc) is 2.37. The van der Waals surface area contributed by atoms with Gasteiger partial charge in [0.15, 0.2) is 0 Å². The number of carbonyl (C=O) groups is 2. The van der Waals surface area contributed by atoms with E-state index in [1.807, 2.05) is 20.1 Å². The Hall–Kier alpha value is -0.710. The highest BCUT2D eigenvalue weighted by atomic mass is 32.2. The standard InChI is InChI=1S/C11H20N2O2S/c1-4-11(2)10(15)13(7-8-16-3)6-5-9(14)12-11/h4-8H2,1-3H3,(H,12,14).